The maximum Gasteiger partial charge on any atom is 0.257 e. The van der Waals surface area contributed by atoms with Gasteiger partial charge < -0.3 is 15.0 Å². The van der Waals surface area contributed by atoms with Gasteiger partial charge in [-0.1, -0.05) is 18.2 Å². The van der Waals surface area contributed by atoms with E-state index in [1.807, 2.05) is 65.7 Å². The molecule has 1 aromatic heterocycles. The number of hydrogen-bond acceptors (Lipinski definition) is 4. The third-order valence-electron chi connectivity index (χ3n) is 4.96. The predicted molar refractivity (Wildman–Crippen MR) is 116 cm³/mol. The first-order chi connectivity index (χ1) is 13.8. The van der Waals surface area contributed by atoms with Gasteiger partial charge in [-0.3, -0.25) is 4.79 Å². The third kappa shape index (κ3) is 4.60. The van der Waals surface area contributed by atoms with Crippen LogP contribution in [0, 0.1) is 0 Å². The van der Waals surface area contributed by atoms with Crippen LogP contribution < -0.4 is 10.1 Å². The lowest BCUT2D eigenvalue weighted by atomic mass is 10.1. The summed E-state index contributed by atoms with van der Waals surface area (Å²) in [5.41, 5.74) is 3.13. The van der Waals surface area contributed by atoms with Gasteiger partial charge in [0.15, 0.2) is 0 Å². The number of aromatic nitrogens is 2. The number of nitrogens with one attached hydrogen (secondary N) is 1. The van der Waals surface area contributed by atoms with E-state index in [2.05, 4.69) is 5.32 Å². The number of methoxy groups -OCH3 is 1. The molecule has 0 aliphatic carbocycles. The van der Waals surface area contributed by atoms with Crippen molar-refractivity contribution in [3.63, 3.8) is 0 Å². The van der Waals surface area contributed by atoms with Crippen LogP contribution in [0.2, 0.25) is 0 Å². The summed E-state index contributed by atoms with van der Waals surface area (Å²) < 4.78 is 7.04. The molecule has 0 unspecified atom stereocenters. The monoisotopic (exact) mass is 412 g/mol. The van der Waals surface area contributed by atoms with Crippen molar-refractivity contribution in [3.05, 3.63) is 66.4 Å². The van der Waals surface area contributed by atoms with Gasteiger partial charge in [0, 0.05) is 31.4 Å². The van der Waals surface area contributed by atoms with Gasteiger partial charge in [0.1, 0.15) is 11.4 Å². The fraction of sp³-hybridized carbons (Fsp3) is 0.273. The Balaban J connectivity index is 0.00000240. The smallest absolute Gasteiger partial charge is 0.257 e. The number of ether oxygens (including phenoxy) is 1. The number of para-hydroxylation sites is 1. The normalized spacial score (nSPS) is 14.0. The highest BCUT2D eigenvalue weighted by Gasteiger charge is 2.24. The number of carbonyl (C=O) groups excluding carboxylic acids is 1. The molecule has 0 spiro atoms. The van der Waals surface area contributed by atoms with Crippen LogP contribution in [-0.2, 0) is 0 Å². The standard InChI is InChI=1S/C22H24N4O2.ClH/c1-28-19-10-8-17(9-11-19)21-20(22(27)25-14-5-12-23-13-15-25)16-26(24-21)18-6-3-2-4-7-18;/h2-4,6-11,16,23H,5,12-15H2,1H3;1H. The largest absolute Gasteiger partial charge is 0.497 e. The summed E-state index contributed by atoms with van der Waals surface area (Å²) in [6, 6.07) is 17.5. The number of rotatable bonds is 4. The molecule has 1 aliphatic rings. The fourth-order valence-electron chi connectivity index (χ4n) is 3.42. The fourth-order valence-corrected chi connectivity index (χ4v) is 3.42. The first-order valence-electron chi connectivity index (χ1n) is 9.56. The first-order valence-corrected chi connectivity index (χ1v) is 9.56. The van der Waals surface area contributed by atoms with Gasteiger partial charge in [-0.05, 0) is 49.4 Å². The molecule has 0 radical (unpaired) electrons. The van der Waals surface area contributed by atoms with Crippen molar-refractivity contribution in [1.82, 2.24) is 20.0 Å². The molecule has 1 saturated heterocycles. The van der Waals surface area contributed by atoms with E-state index < -0.39 is 0 Å². The van der Waals surface area contributed by atoms with E-state index in [9.17, 15) is 4.79 Å². The Morgan fingerprint density at radius 3 is 2.52 bits per heavy atom. The molecule has 1 fully saturated rings. The molecule has 152 valence electrons. The van der Waals surface area contributed by atoms with Gasteiger partial charge >= 0.3 is 0 Å². The van der Waals surface area contributed by atoms with E-state index >= 15 is 0 Å². The molecule has 6 nitrogen and oxygen atoms in total. The van der Waals surface area contributed by atoms with Crippen molar-refractivity contribution >= 4 is 18.3 Å². The van der Waals surface area contributed by atoms with E-state index in [0.717, 1.165) is 43.1 Å². The second-order valence-electron chi connectivity index (χ2n) is 6.80. The Bertz CT molecular complexity index is 933. The summed E-state index contributed by atoms with van der Waals surface area (Å²) in [7, 11) is 1.64. The maximum absolute atomic E-state index is 13.3. The number of carbonyl (C=O) groups is 1. The Morgan fingerprint density at radius 2 is 1.79 bits per heavy atom. The highest BCUT2D eigenvalue weighted by atomic mass is 35.5. The molecule has 0 bridgehead atoms. The topological polar surface area (TPSA) is 59.4 Å². The van der Waals surface area contributed by atoms with Crippen LogP contribution in [0.1, 0.15) is 16.8 Å². The number of benzene rings is 2. The number of hydrogen-bond donors (Lipinski definition) is 1. The van der Waals surface area contributed by atoms with Crippen molar-refractivity contribution in [2.24, 2.45) is 0 Å². The average Bonchev–Trinajstić information content (AvgIpc) is 3.02. The molecule has 7 heteroatoms. The van der Waals surface area contributed by atoms with Crippen molar-refractivity contribution in [3.8, 4) is 22.7 Å². The molecule has 2 heterocycles. The van der Waals surface area contributed by atoms with Gasteiger partial charge in [0.05, 0.1) is 18.4 Å². The summed E-state index contributed by atoms with van der Waals surface area (Å²) in [6.45, 7) is 3.22. The average molecular weight is 413 g/mol. The summed E-state index contributed by atoms with van der Waals surface area (Å²) in [5.74, 6) is 0.800. The van der Waals surface area contributed by atoms with E-state index in [4.69, 9.17) is 9.84 Å². The van der Waals surface area contributed by atoms with Crippen LogP contribution in [0.3, 0.4) is 0 Å². The minimum Gasteiger partial charge on any atom is -0.497 e. The van der Waals surface area contributed by atoms with Crippen LogP contribution in [-0.4, -0.2) is 53.9 Å². The van der Waals surface area contributed by atoms with Crippen LogP contribution >= 0.6 is 12.4 Å². The lowest BCUT2D eigenvalue weighted by molar-refractivity contribution is 0.0767. The molecular formula is C22H25ClN4O2. The second-order valence-corrected chi connectivity index (χ2v) is 6.80. The van der Waals surface area contributed by atoms with E-state index in [0.29, 0.717) is 17.8 Å². The maximum atomic E-state index is 13.3. The van der Waals surface area contributed by atoms with Gasteiger partial charge in [0.2, 0.25) is 0 Å². The first kappa shape index (κ1) is 20.9. The van der Waals surface area contributed by atoms with Gasteiger partial charge in [-0.15, -0.1) is 12.4 Å². The van der Waals surface area contributed by atoms with Crippen molar-refractivity contribution in [2.45, 2.75) is 6.42 Å². The molecule has 4 rings (SSSR count). The predicted octanol–water partition coefficient (Wildman–Crippen LogP) is 3.41. The van der Waals surface area contributed by atoms with E-state index in [-0.39, 0.29) is 18.3 Å². The Morgan fingerprint density at radius 1 is 1.03 bits per heavy atom. The summed E-state index contributed by atoms with van der Waals surface area (Å²) in [6.07, 6.45) is 2.80. The highest BCUT2D eigenvalue weighted by molar-refractivity contribution is 6.00. The molecule has 0 saturated carbocycles. The van der Waals surface area contributed by atoms with Crippen molar-refractivity contribution in [1.29, 1.82) is 0 Å². The highest BCUT2D eigenvalue weighted by Crippen LogP contribution is 2.27. The van der Waals surface area contributed by atoms with Gasteiger partial charge in [0.25, 0.3) is 5.91 Å². The summed E-state index contributed by atoms with van der Waals surface area (Å²) in [5, 5.41) is 8.10. The zero-order valence-electron chi connectivity index (χ0n) is 16.4. The Hall–Kier alpha value is -2.83. The zero-order chi connectivity index (χ0) is 19.3. The van der Waals surface area contributed by atoms with E-state index in [1.165, 1.54) is 0 Å². The van der Waals surface area contributed by atoms with E-state index in [1.54, 1.807) is 11.8 Å². The van der Waals surface area contributed by atoms with Crippen LogP contribution in [0.25, 0.3) is 16.9 Å². The molecule has 1 N–H and O–H groups in total. The minimum atomic E-state index is 0. The number of nitrogens with zero attached hydrogens (tertiary/aromatic N) is 3. The lowest BCUT2D eigenvalue weighted by Crippen LogP contribution is -2.34. The Kier molecular flexibility index (Phi) is 6.90. The zero-order valence-corrected chi connectivity index (χ0v) is 17.2. The molecule has 3 aromatic rings. The quantitative estimate of drug-likeness (QED) is 0.713. The summed E-state index contributed by atoms with van der Waals surface area (Å²) >= 11 is 0. The van der Waals surface area contributed by atoms with Crippen LogP contribution in [0.15, 0.2) is 60.8 Å². The van der Waals surface area contributed by atoms with Crippen molar-refractivity contribution in [2.75, 3.05) is 33.3 Å². The Labute approximate surface area is 176 Å². The van der Waals surface area contributed by atoms with Gasteiger partial charge in [-0.25, -0.2) is 4.68 Å². The number of amides is 1. The second kappa shape index (κ2) is 9.58. The van der Waals surface area contributed by atoms with Gasteiger partial charge in [-0.2, -0.15) is 5.10 Å². The molecule has 1 aliphatic heterocycles. The molecule has 0 atom stereocenters. The third-order valence-corrected chi connectivity index (χ3v) is 4.96. The summed E-state index contributed by atoms with van der Waals surface area (Å²) in [4.78, 5) is 15.3. The molecule has 1 amide bonds. The molecule has 29 heavy (non-hydrogen) atoms. The van der Waals surface area contributed by atoms with Crippen LogP contribution in [0.4, 0.5) is 0 Å². The lowest BCUT2D eigenvalue weighted by Gasteiger charge is -2.19. The van der Waals surface area contributed by atoms with Crippen molar-refractivity contribution < 1.29 is 9.53 Å². The molecular weight excluding hydrogens is 388 g/mol. The van der Waals surface area contributed by atoms with Crippen LogP contribution in [0.5, 0.6) is 5.75 Å². The minimum absolute atomic E-state index is 0. The SMILES string of the molecule is COc1ccc(-c2nn(-c3ccccc3)cc2C(=O)N2CCCNCC2)cc1.Cl. The number of halogens is 1. The molecule has 2 aromatic carbocycles.